The largest absolute Gasteiger partial charge is 0.479 e. The van der Waals surface area contributed by atoms with E-state index < -0.39 is 40.4 Å². The van der Waals surface area contributed by atoms with E-state index in [1.165, 1.54) is 20.4 Å². The summed E-state index contributed by atoms with van der Waals surface area (Å²) in [7, 11) is 2.36. The first-order chi connectivity index (χ1) is 14.6. The molecule has 0 atom stereocenters. The van der Waals surface area contributed by atoms with Gasteiger partial charge in [-0.05, 0) is 37.1 Å². The second-order valence-corrected chi connectivity index (χ2v) is 7.38. The molecule has 0 unspecified atom stereocenters. The van der Waals surface area contributed by atoms with E-state index in [2.05, 4.69) is 21.9 Å². The molecule has 0 saturated carbocycles. The fourth-order valence-corrected chi connectivity index (χ4v) is 3.45. The first-order valence-electron chi connectivity index (χ1n) is 9.33. The van der Waals surface area contributed by atoms with Crippen LogP contribution in [-0.2, 0) is 28.1 Å². The van der Waals surface area contributed by atoms with Gasteiger partial charge in [0.05, 0.1) is 38.4 Å². The van der Waals surface area contributed by atoms with E-state index >= 15 is 0 Å². The summed E-state index contributed by atoms with van der Waals surface area (Å²) in [5.74, 6) is -4.07. The molecule has 0 spiro atoms. The summed E-state index contributed by atoms with van der Waals surface area (Å²) in [6.45, 7) is 6.72. The number of methoxy groups -OCH3 is 2. The lowest BCUT2D eigenvalue weighted by molar-refractivity contribution is -0.123. The number of aromatic nitrogens is 2. The standard InChI is InChI=1S/C21H22F2N4O4/c1-6-14(28)25-9-12-7-13-11(8-24-12)10-27(20(29)21(13,2)3)17-15(22)18(30-4)26-19(31-5)16(17)23/h6-8H,1,9-10H2,2-5H3,(H,25,28). The number of hydrogen-bond donors (Lipinski definition) is 1. The zero-order valence-electron chi connectivity index (χ0n) is 17.6. The zero-order valence-corrected chi connectivity index (χ0v) is 17.6. The summed E-state index contributed by atoms with van der Waals surface area (Å²) in [4.78, 5) is 33.7. The highest BCUT2D eigenvalue weighted by molar-refractivity contribution is 6.02. The van der Waals surface area contributed by atoms with Gasteiger partial charge < -0.3 is 19.7 Å². The molecule has 0 aliphatic carbocycles. The van der Waals surface area contributed by atoms with E-state index in [1.54, 1.807) is 19.9 Å². The molecule has 0 bridgehead atoms. The van der Waals surface area contributed by atoms with Gasteiger partial charge in [-0.2, -0.15) is 13.8 Å². The molecule has 3 heterocycles. The molecule has 1 aliphatic heterocycles. The fourth-order valence-electron chi connectivity index (χ4n) is 3.45. The number of rotatable bonds is 6. The lowest BCUT2D eigenvalue weighted by atomic mass is 9.77. The summed E-state index contributed by atoms with van der Waals surface area (Å²) in [6.07, 6.45) is 2.67. The molecule has 1 N–H and O–H groups in total. The van der Waals surface area contributed by atoms with Crippen LogP contribution in [0.3, 0.4) is 0 Å². The molecule has 2 aromatic rings. The molecule has 0 aromatic carbocycles. The van der Waals surface area contributed by atoms with Crippen LogP contribution in [0.25, 0.3) is 0 Å². The number of nitrogens with zero attached hydrogens (tertiary/aromatic N) is 3. The van der Waals surface area contributed by atoms with Crippen molar-refractivity contribution in [2.24, 2.45) is 0 Å². The lowest BCUT2D eigenvalue weighted by Crippen LogP contribution is -2.49. The molecule has 0 saturated heterocycles. The van der Waals surface area contributed by atoms with Crippen molar-refractivity contribution in [3.63, 3.8) is 0 Å². The molecule has 0 fully saturated rings. The minimum absolute atomic E-state index is 0.117. The van der Waals surface area contributed by atoms with Crippen LogP contribution in [0.15, 0.2) is 24.9 Å². The average molecular weight is 432 g/mol. The normalized spacial score (nSPS) is 14.6. The molecule has 0 radical (unpaired) electrons. The topological polar surface area (TPSA) is 93.7 Å². The number of ether oxygens (including phenoxy) is 2. The third-order valence-corrected chi connectivity index (χ3v) is 5.10. The second-order valence-electron chi connectivity index (χ2n) is 7.38. The van der Waals surface area contributed by atoms with Gasteiger partial charge in [0.1, 0.15) is 5.69 Å². The molecule has 164 valence electrons. The average Bonchev–Trinajstić information content (AvgIpc) is 2.76. The fraction of sp³-hybridized carbons (Fsp3) is 0.333. The van der Waals surface area contributed by atoms with Gasteiger partial charge in [-0.25, -0.2) is 0 Å². The number of amides is 2. The van der Waals surface area contributed by atoms with Crippen LogP contribution in [0.4, 0.5) is 14.5 Å². The molecular weight excluding hydrogens is 410 g/mol. The van der Waals surface area contributed by atoms with E-state index in [-0.39, 0.29) is 19.0 Å². The number of hydrogen-bond acceptors (Lipinski definition) is 6. The van der Waals surface area contributed by atoms with Crippen LogP contribution in [-0.4, -0.2) is 36.0 Å². The zero-order chi connectivity index (χ0) is 22.9. The maximum atomic E-state index is 15.0. The molecule has 8 nitrogen and oxygen atoms in total. The van der Waals surface area contributed by atoms with E-state index in [0.717, 1.165) is 11.0 Å². The van der Waals surface area contributed by atoms with Crippen LogP contribution in [0.2, 0.25) is 0 Å². The number of carbonyl (C=O) groups is 2. The van der Waals surface area contributed by atoms with E-state index in [0.29, 0.717) is 16.8 Å². The highest BCUT2D eigenvalue weighted by Gasteiger charge is 2.43. The second kappa shape index (κ2) is 8.29. The highest BCUT2D eigenvalue weighted by Crippen LogP contribution is 2.41. The van der Waals surface area contributed by atoms with Gasteiger partial charge in [-0.3, -0.25) is 14.6 Å². The van der Waals surface area contributed by atoms with Crippen molar-refractivity contribution >= 4 is 17.5 Å². The number of halogens is 2. The Labute approximate surface area is 177 Å². The number of carbonyl (C=O) groups excluding carboxylic acids is 2. The van der Waals surface area contributed by atoms with Crippen molar-refractivity contribution in [1.29, 1.82) is 0 Å². The van der Waals surface area contributed by atoms with Crippen molar-refractivity contribution in [2.75, 3.05) is 19.1 Å². The smallest absolute Gasteiger partial charge is 0.255 e. The predicted octanol–water partition coefficient (Wildman–Crippen LogP) is 2.40. The summed E-state index contributed by atoms with van der Waals surface area (Å²) >= 11 is 0. The Morgan fingerprint density at radius 2 is 1.90 bits per heavy atom. The Kier molecular flexibility index (Phi) is 5.92. The quantitative estimate of drug-likeness (QED) is 0.705. The van der Waals surface area contributed by atoms with Crippen molar-refractivity contribution in [1.82, 2.24) is 15.3 Å². The third-order valence-electron chi connectivity index (χ3n) is 5.10. The summed E-state index contributed by atoms with van der Waals surface area (Å²) in [5, 5.41) is 2.62. The van der Waals surface area contributed by atoms with Gasteiger partial charge in [-0.15, -0.1) is 0 Å². The maximum Gasteiger partial charge on any atom is 0.255 e. The Balaban J connectivity index is 2.07. The Bertz CT molecular complexity index is 1040. The van der Waals surface area contributed by atoms with E-state index in [4.69, 9.17) is 9.47 Å². The van der Waals surface area contributed by atoms with Gasteiger partial charge in [-0.1, -0.05) is 6.58 Å². The summed E-state index contributed by atoms with van der Waals surface area (Å²) < 4.78 is 39.7. The minimum Gasteiger partial charge on any atom is -0.479 e. The summed E-state index contributed by atoms with van der Waals surface area (Å²) in [5.41, 5.74) is 0.0658. The third kappa shape index (κ3) is 3.80. The Hall–Kier alpha value is -3.56. The first kappa shape index (κ1) is 22.1. The van der Waals surface area contributed by atoms with Crippen molar-refractivity contribution in [2.45, 2.75) is 32.4 Å². The number of anilines is 1. The van der Waals surface area contributed by atoms with Gasteiger partial charge >= 0.3 is 0 Å². The molecule has 10 heteroatoms. The van der Waals surface area contributed by atoms with Crippen LogP contribution >= 0.6 is 0 Å². The molecule has 2 amide bonds. The van der Waals surface area contributed by atoms with Crippen LogP contribution < -0.4 is 19.7 Å². The van der Waals surface area contributed by atoms with Crippen LogP contribution in [0.5, 0.6) is 11.8 Å². The van der Waals surface area contributed by atoms with E-state index in [1.807, 2.05) is 0 Å². The van der Waals surface area contributed by atoms with Crippen LogP contribution in [0, 0.1) is 11.6 Å². The monoisotopic (exact) mass is 432 g/mol. The van der Waals surface area contributed by atoms with Gasteiger partial charge in [0.15, 0.2) is 0 Å². The Morgan fingerprint density at radius 1 is 1.29 bits per heavy atom. The number of fused-ring (bicyclic) bond motifs is 1. The molecule has 1 aliphatic rings. The van der Waals surface area contributed by atoms with Gasteiger partial charge in [0, 0.05) is 6.20 Å². The number of pyridine rings is 2. The first-order valence-corrected chi connectivity index (χ1v) is 9.33. The molecule has 31 heavy (non-hydrogen) atoms. The predicted molar refractivity (Wildman–Crippen MR) is 108 cm³/mol. The number of nitrogens with one attached hydrogen (secondary N) is 1. The molecule has 2 aromatic heterocycles. The molecule has 3 rings (SSSR count). The van der Waals surface area contributed by atoms with Gasteiger partial charge in [0.2, 0.25) is 23.4 Å². The van der Waals surface area contributed by atoms with Crippen molar-refractivity contribution in [3.05, 3.63) is 53.4 Å². The van der Waals surface area contributed by atoms with Crippen molar-refractivity contribution in [3.8, 4) is 11.8 Å². The van der Waals surface area contributed by atoms with Crippen LogP contribution in [0.1, 0.15) is 30.7 Å². The summed E-state index contributed by atoms with van der Waals surface area (Å²) in [6, 6.07) is 1.70. The highest BCUT2D eigenvalue weighted by atomic mass is 19.1. The SMILES string of the molecule is C=CC(=O)NCc1cc2c(cn1)CN(c1c(F)c(OC)nc(OC)c1F)C(=O)C2(C)C. The van der Waals surface area contributed by atoms with E-state index in [9.17, 15) is 18.4 Å². The molecular formula is C21H22F2N4O4. The lowest BCUT2D eigenvalue weighted by Gasteiger charge is -2.39. The maximum absolute atomic E-state index is 15.0. The minimum atomic E-state index is -1.13. The Morgan fingerprint density at radius 3 is 2.45 bits per heavy atom. The van der Waals surface area contributed by atoms with Gasteiger partial charge in [0.25, 0.3) is 11.8 Å². The van der Waals surface area contributed by atoms with Crippen molar-refractivity contribution < 1.29 is 27.8 Å².